The molecule has 140 valence electrons. The van der Waals surface area contributed by atoms with Gasteiger partial charge in [0, 0.05) is 25.0 Å². The maximum Gasteiger partial charge on any atom is 0.231 e. The summed E-state index contributed by atoms with van der Waals surface area (Å²) in [6.07, 6.45) is 1.16. The lowest BCUT2D eigenvalue weighted by molar-refractivity contribution is 0.415. The number of sulfonamides is 1. The predicted molar refractivity (Wildman–Crippen MR) is 108 cm³/mol. The average molecular weight is 383 g/mol. The number of benzene rings is 2. The quantitative estimate of drug-likeness (QED) is 0.674. The highest BCUT2D eigenvalue weighted by atomic mass is 32.2. The fourth-order valence-corrected chi connectivity index (χ4v) is 3.72. The van der Waals surface area contributed by atoms with Crippen molar-refractivity contribution in [1.82, 2.24) is 4.57 Å². The van der Waals surface area contributed by atoms with Gasteiger partial charge in [-0.15, -0.1) is 0 Å². The zero-order chi connectivity index (χ0) is 19.8. The highest BCUT2D eigenvalue weighted by Gasteiger charge is 2.19. The molecule has 6 nitrogen and oxygen atoms in total. The molecule has 7 heteroatoms. The highest BCUT2D eigenvalue weighted by Crippen LogP contribution is 2.36. The molecule has 27 heavy (non-hydrogen) atoms. The van der Waals surface area contributed by atoms with Gasteiger partial charge in [0.05, 0.1) is 35.8 Å². The lowest BCUT2D eigenvalue weighted by Gasteiger charge is -2.17. The van der Waals surface area contributed by atoms with E-state index in [4.69, 9.17) is 4.74 Å². The number of fused-ring (bicyclic) bond motifs is 1. The van der Waals surface area contributed by atoms with Crippen LogP contribution < -0.4 is 9.04 Å². The van der Waals surface area contributed by atoms with E-state index >= 15 is 0 Å². The summed E-state index contributed by atoms with van der Waals surface area (Å²) in [4.78, 5) is 0. The Balaban J connectivity index is 2.21. The second-order valence-corrected chi connectivity index (χ2v) is 8.25. The summed E-state index contributed by atoms with van der Waals surface area (Å²) in [5, 5.41) is 10.6. The number of aromatic nitrogens is 1. The Kier molecular flexibility index (Phi) is 4.85. The summed E-state index contributed by atoms with van der Waals surface area (Å²) in [6.45, 7) is 2.71. The van der Waals surface area contributed by atoms with E-state index in [9.17, 15) is 13.7 Å². The summed E-state index contributed by atoms with van der Waals surface area (Å²) < 4.78 is 32.1. The van der Waals surface area contributed by atoms with E-state index in [1.54, 1.807) is 19.2 Å². The maximum atomic E-state index is 11.7. The van der Waals surface area contributed by atoms with Crippen molar-refractivity contribution in [2.24, 2.45) is 0 Å². The molecule has 1 heterocycles. The molecule has 2 aromatic carbocycles. The van der Waals surface area contributed by atoms with E-state index in [1.165, 1.54) is 11.4 Å². The first-order chi connectivity index (χ1) is 12.8. The molecule has 1 aromatic heterocycles. The molecule has 0 amide bonds. The summed E-state index contributed by atoms with van der Waals surface area (Å²) in [5.74, 6) is 0.732. The standard InChI is InChI=1S/C20H21N3O3S/c1-5-23-19-12-16(26-3)10-11-17(19)18(13-21)20(23)14-6-8-15(9-7-14)22(2)27(4,24)25/h6-12H,5H2,1-4H3. The lowest BCUT2D eigenvalue weighted by atomic mass is 10.1. The highest BCUT2D eigenvalue weighted by molar-refractivity contribution is 7.92. The number of anilines is 1. The number of aryl methyl sites for hydroxylation is 1. The molecule has 0 radical (unpaired) electrons. The van der Waals surface area contributed by atoms with Crippen molar-refractivity contribution >= 4 is 26.6 Å². The number of hydrogen-bond donors (Lipinski definition) is 0. The zero-order valence-corrected chi connectivity index (χ0v) is 16.5. The van der Waals surface area contributed by atoms with E-state index in [0.29, 0.717) is 17.8 Å². The first kappa shape index (κ1) is 18.8. The van der Waals surface area contributed by atoms with Crippen LogP contribution in [-0.2, 0) is 16.6 Å². The Bertz CT molecular complexity index is 1140. The Hall–Kier alpha value is -2.98. The molecule has 0 N–H and O–H groups in total. The molecule has 0 saturated carbocycles. The van der Waals surface area contributed by atoms with Crippen molar-refractivity contribution in [2.75, 3.05) is 24.7 Å². The third kappa shape index (κ3) is 3.24. The first-order valence-corrected chi connectivity index (χ1v) is 10.3. The van der Waals surface area contributed by atoms with Crippen LogP contribution in [0.5, 0.6) is 5.75 Å². The zero-order valence-electron chi connectivity index (χ0n) is 15.7. The van der Waals surface area contributed by atoms with Gasteiger partial charge in [-0.05, 0) is 36.8 Å². The minimum absolute atomic E-state index is 0.570. The normalized spacial score (nSPS) is 11.4. The van der Waals surface area contributed by atoms with Crippen LogP contribution >= 0.6 is 0 Å². The Morgan fingerprint density at radius 2 is 1.85 bits per heavy atom. The van der Waals surface area contributed by atoms with Gasteiger partial charge in [-0.25, -0.2) is 8.42 Å². The SMILES string of the molecule is CCn1c(-c2ccc(N(C)S(C)(=O)=O)cc2)c(C#N)c2ccc(OC)cc21. The first-order valence-electron chi connectivity index (χ1n) is 8.46. The van der Waals surface area contributed by atoms with Gasteiger partial charge in [0.2, 0.25) is 10.0 Å². The van der Waals surface area contributed by atoms with Gasteiger partial charge in [-0.1, -0.05) is 12.1 Å². The third-order valence-electron chi connectivity index (χ3n) is 4.70. The summed E-state index contributed by atoms with van der Waals surface area (Å²) >= 11 is 0. The molecule has 0 aliphatic rings. The van der Waals surface area contributed by atoms with Gasteiger partial charge in [0.15, 0.2) is 0 Å². The number of methoxy groups -OCH3 is 1. The van der Waals surface area contributed by atoms with Crippen LogP contribution in [0.3, 0.4) is 0 Å². The molecule has 0 saturated heterocycles. The Labute approximate surface area is 159 Å². The molecular weight excluding hydrogens is 362 g/mol. The molecule has 0 atom stereocenters. The van der Waals surface area contributed by atoms with Crippen molar-refractivity contribution in [3.05, 3.63) is 48.0 Å². The molecule has 0 fully saturated rings. The van der Waals surface area contributed by atoms with Crippen LogP contribution in [0.1, 0.15) is 12.5 Å². The summed E-state index contributed by atoms with van der Waals surface area (Å²) in [7, 11) is -0.196. The van der Waals surface area contributed by atoms with E-state index < -0.39 is 10.0 Å². The molecule has 0 bridgehead atoms. The van der Waals surface area contributed by atoms with Crippen molar-refractivity contribution in [2.45, 2.75) is 13.5 Å². The van der Waals surface area contributed by atoms with Crippen molar-refractivity contribution < 1.29 is 13.2 Å². The molecule has 3 aromatic rings. The second kappa shape index (κ2) is 6.97. The van der Waals surface area contributed by atoms with Gasteiger partial charge in [-0.3, -0.25) is 4.31 Å². The second-order valence-electron chi connectivity index (χ2n) is 6.24. The lowest BCUT2D eigenvalue weighted by Crippen LogP contribution is -2.24. The van der Waals surface area contributed by atoms with E-state index in [2.05, 4.69) is 10.6 Å². The fraction of sp³-hybridized carbons (Fsp3) is 0.250. The predicted octanol–water partition coefficient (Wildman–Crippen LogP) is 3.60. The van der Waals surface area contributed by atoms with Gasteiger partial charge < -0.3 is 9.30 Å². The van der Waals surface area contributed by atoms with Gasteiger partial charge in [0.1, 0.15) is 11.8 Å². The molecule has 0 aliphatic carbocycles. The van der Waals surface area contributed by atoms with Crippen molar-refractivity contribution in [3.63, 3.8) is 0 Å². The minimum atomic E-state index is -3.33. The Morgan fingerprint density at radius 3 is 2.37 bits per heavy atom. The molecule has 0 spiro atoms. The molecule has 0 unspecified atom stereocenters. The minimum Gasteiger partial charge on any atom is -0.497 e. The van der Waals surface area contributed by atoms with Crippen LogP contribution in [0.4, 0.5) is 5.69 Å². The van der Waals surface area contributed by atoms with Gasteiger partial charge >= 0.3 is 0 Å². The third-order valence-corrected chi connectivity index (χ3v) is 5.91. The summed E-state index contributed by atoms with van der Waals surface area (Å²) in [5.41, 5.74) is 3.77. The monoisotopic (exact) mass is 383 g/mol. The maximum absolute atomic E-state index is 11.7. The smallest absolute Gasteiger partial charge is 0.231 e. The van der Waals surface area contributed by atoms with E-state index in [0.717, 1.165) is 34.2 Å². The largest absolute Gasteiger partial charge is 0.497 e. The number of rotatable bonds is 5. The van der Waals surface area contributed by atoms with Gasteiger partial charge in [-0.2, -0.15) is 5.26 Å². The molecule has 3 rings (SSSR count). The average Bonchev–Trinajstić information content (AvgIpc) is 2.99. The van der Waals surface area contributed by atoms with Crippen LogP contribution in [0.2, 0.25) is 0 Å². The molecular formula is C20H21N3O3S. The fourth-order valence-electron chi connectivity index (χ4n) is 3.22. The van der Waals surface area contributed by atoms with Crippen LogP contribution in [0.15, 0.2) is 42.5 Å². The van der Waals surface area contributed by atoms with E-state index in [1.807, 2.05) is 37.3 Å². The topological polar surface area (TPSA) is 75.3 Å². The summed E-state index contributed by atoms with van der Waals surface area (Å²) in [6, 6.07) is 15.2. The van der Waals surface area contributed by atoms with Crippen LogP contribution in [0.25, 0.3) is 22.2 Å². The number of nitriles is 1. The van der Waals surface area contributed by atoms with Gasteiger partial charge in [0.25, 0.3) is 0 Å². The molecule has 0 aliphatic heterocycles. The number of ether oxygens (including phenoxy) is 1. The van der Waals surface area contributed by atoms with Crippen molar-refractivity contribution in [1.29, 1.82) is 5.26 Å². The number of hydrogen-bond acceptors (Lipinski definition) is 4. The van der Waals surface area contributed by atoms with E-state index in [-0.39, 0.29) is 0 Å². The van der Waals surface area contributed by atoms with Crippen LogP contribution in [-0.4, -0.2) is 33.4 Å². The van der Waals surface area contributed by atoms with Crippen LogP contribution in [0, 0.1) is 11.3 Å². The Morgan fingerprint density at radius 1 is 1.19 bits per heavy atom. The number of nitrogens with zero attached hydrogens (tertiary/aromatic N) is 3. The van der Waals surface area contributed by atoms with Crippen molar-refractivity contribution in [3.8, 4) is 23.1 Å².